The zero-order chi connectivity index (χ0) is 12.4. The molecule has 0 aliphatic carbocycles. The van der Waals surface area contributed by atoms with Crippen molar-refractivity contribution in [2.75, 3.05) is 26.2 Å². The van der Waals surface area contributed by atoms with Gasteiger partial charge in [0.15, 0.2) is 0 Å². The van der Waals surface area contributed by atoms with Gasteiger partial charge in [-0.25, -0.2) is 0 Å². The number of likely N-dealkylation sites (N-methyl/N-ethyl adjacent to an activating group) is 1. The molecule has 0 atom stereocenters. The number of nitriles is 1. The zero-order valence-corrected chi connectivity index (χ0v) is 9.40. The van der Waals surface area contributed by atoms with Gasteiger partial charge in [-0.3, -0.25) is 14.5 Å². The monoisotopic (exact) mass is 227 g/mol. The summed E-state index contributed by atoms with van der Waals surface area (Å²) >= 11 is 0. The van der Waals surface area contributed by atoms with Crippen LogP contribution in [-0.2, 0) is 9.59 Å². The van der Waals surface area contributed by atoms with Gasteiger partial charge in [-0.2, -0.15) is 5.26 Å². The quantitative estimate of drug-likeness (QED) is 0.561. The van der Waals surface area contributed by atoms with Crippen molar-refractivity contribution in [1.29, 1.82) is 5.26 Å². The molecule has 6 nitrogen and oxygen atoms in total. The van der Waals surface area contributed by atoms with E-state index in [0.717, 1.165) is 0 Å². The molecule has 6 heteroatoms. The molecule has 0 aromatic heterocycles. The molecule has 0 spiro atoms. The van der Waals surface area contributed by atoms with Crippen molar-refractivity contribution in [2.45, 2.75) is 19.8 Å². The Bertz CT molecular complexity index is 273. The largest absolute Gasteiger partial charge is 0.481 e. The van der Waals surface area contributed by atoms with E-state index in [9.17, 15) is 9.59 Å². The first kappa shape index (κ1) is 14.4. The minimum absolute atomic E-state index is 0.0271. The van der Waals surface area contributed by atoms with Crippen molar-refractivity contribution in [3.8, 4) is 6.07 Å². The number of aliphatic carboxylic acids is 1. The van der Waals surface area contributed by atoms with Gasteiger partial charge in [0.05, 0.1) is 25.5 Å². The van der Waals surface area contributed by atoms with Crippen LogP contribution in [0.25, 0.3) is 0 Å². The highest BCUT2D eigenvalue weighted by Crippen LogP contribution is 1.91. The molecule has 0 fully saturated rings. The highest BCUT2D eigenvalue weighted by atomic mass is 16.4. The minimum atomic E-state index is -0.872. The molecule has 0 saturated carbocycles. The summed E-state index contributed by atoms with van der Waals surface area (Å²) in [6.07, 6.45) is 0.312. The van der Waals surface area contributed by atoms with Crippen molar-refractivity contribution >= 4 is 11.9 Å². The van der Waals surface area contributed by atoms with Crippen LogP contribution in [0.15, 0.2) is 0 Å². The topological polar surface area (TPSA) is 93.4 Å². The Morgan fingerprint density at radius 3 is 2.69 bits per heavy atom. The molecule has 0 saturated heterocycles. The molecule has 2 N–H and O–H groups in total. The summed E-state index contributed by atoms with van der Waals surface area (Å²) in [4.78, 5) is 23.4. The second-order valence-corrected chi connectivity index (χ2v) is 3.27. The fourth-order valence-electron chi connectivity index (χ4n) is 1.12. The van der Waals surface area contributed by atoms with Gasteiger partial charge in [-0.05, 0) is 6.54 Å². The molecule has 0 heterocycles. The molecule has 16 heavy (non-hydrogen) atoms. The lowest BCUT2D eigenvalue weighted by molar-refractivity contribution is -0.137. The molecule has 0 bridgehead atoms. The van der Waals surface area contributed by atoms with Crippen LogP contribution in [0.5, 0.6) is 0 Å². The maximum absolute atomic E-state index is 11.3. The van der Waals surface area contributed by atoms with Gasteiger partial charge < -0.3 is 10.4 Å². The molecule has 90 valence electrons. The predicted octanol–water partition coefficient (Wildman–Crippen LogP) is -0.187. The normalized spacial score (nSPS) is 9.81. The van der Waals surface area contributed by atoms with Gasteiger partial charge >= 0.3 is 5.97 Å². The van der Waals surface area contributed by atoms with Gasteiger partial charge in [-0.15, -0.1) is 0 Å². The number of rotatable bonds is 8. The highest BCUT2D eigenvalue weighted by molar-refractivity contribution is 5.78. The Balaban J connectivity index is 3.79. The number of amides is 1. The number of nitrogens with one attached hydrogen (secondary N) is 1. The molecular weight excluding hydrogens is 210 g/mol. The Hall–Kier alpha value is -1.61. The Morgan fingerprint density at radius 2 is 2.19 bits per heavy atom. The lowest BCUT2D eigenvalue weighted by atomic mass is 10.3. The SMILES string of the molecule is CCN(CCC(=O)O)CC(=O)NCCC#N. The maximum atomic E-state index is 11.3. The number of carboxylic acids is 1. The van der Waals surface area contributed by atoms with Crippen LogP contribution in [0.1, 0.15) is 19.8 Å². The maximum Gasteiger partial charge on any atom is 0.304 e. The minimum Gasteiger partial charge on any atom is -0.481 e. The van der Waals surface area contributed by atoms with Gasteiger partial charge in [0.25, 0.3) is 0 Å². The van der Waals surface area contributed by atoms with Crippen molar-refractivity contribution in [1.82, 2.24) is 10.2 Å². The van der Waals surface area contributed by atoms with Crippen LogP contribution in [0.2, 0.25) is 0 Å². The van der Waals surface area contributed by atoms with E-state index in [1.54, 1.807) is 4.90 Å². The molecular formula is C10H17N3O3. The first-order valence-electron chi connectivity index (χ1n) is 5.18. The molecule has 1 amide bonds. The lowest BCUT2D eigenvalue weighted by Gasteiger charge is -2.18. The van der Waals surface area contributed by atoms with Crippen LogP contribution in [0.4, 0.5) is 0 Å². The lowest BCUT2D eigenvalue weighted by Crippen LogP contribution is -2.38. The Labute approximate surface area is 94.8 Å². The second-order valence-electron chi connectivity index (χ2n) is 3.27. The van der Waals surface area contributed by atoms with Crippen LogP contribution in [-0.4, -0.2) is 48.1 Å². The summed E-state index contributed by atoms with van der Waals surface area (Å²) in [5.74, 6) is -1.05. The number of carbonyl (C=O) groups excluding carboxylic acids is 1. The molecule has 0 aromatic rings. The van der Waals surface area contributed by atoms with E-state index in [4.69, 9.17) is 10.4 Å². The van der Waals surface area contributed by atoms with Crippen molar-refractivity contribution in [2.24, 2.45) is 0 Å². The first-order valence-corrected chi connectivity index (χ1v) is 5.18. The predicted molar refractivity (Wildman–Crippen MR) is 57.6 cm³/mol. The highest BCUT2D eigenvalue weighted by Gasteiger charge is 2.09. The molecule has 0 aromatic carbocycles. The third kappa shape index (κ3) is 7.76. The fraction of sp³-hybridized carbons (Fsp3) is 0.700. The smallest absolute Gasteiger partial charge is 0.304 e. The van der Waals surface area contributed by atoms with E-state index in [1.165, 1.54) is 0 Å². The average Bonchev–Trinajstić information content (AvgIpc) is 2.24. The zero-order valence-electron chi connectivity index (χ0n) is 9.40. The van der Waals surface area contributed by atoms with Crippen LogP contribution in [0, 0.1) is 11.3 Å². The van der Waals surface area contributed by atoms with Crippen LogP contribution in [0.3, 0.4) is 0 Å². The fourth-order valence-corrected chi connectivity index (χ4v) is 1.12. The third-order valence-corrected chi connectivity index (χ3v) is 2.02. The standard InChI is InChI=1S/C10H17N3O3/c1-2-13(7-4-10(15)16)8-9(14)12-6-3-5-11/h2-4,6-8H2,1H3,(H,12,14)(H,15,16). The van der Waals surface area contributed by atoms with Gasteiger partial charge in [-0.1, -0.05) is 6.92 Å². The van der Waals surface area contributed by atoms with E-state index < -0.39 is 5.97 Å². The summed E-state index contributed by atoms with van der Waals surface area (Å²) < 4.78 is 0. The Kier molecular flexibility index (Phi) is 7.81. The third-order valence-electron chi connectivity index (χ3n) is 2.02. The van der Waals surface area contributed by atoms with Gasteiger partial charge in [0.2, 0.25) is 5.91 Å². The van der Waals surface area contributed by atoms with Crippen molar-refractivity contribution < 1.29 is 14.7 Å². The summed E-state index contributed by atoms with van der Waals surface area (Å²) in [7, 11) is 0. The molecule has 0 radical (unpaired) electrons. The number of hydrogen-bond donors (Lipinski definition) is 2. The second kappa shape index (κ2) is 8.68. The van der Waals surface area contributed by atoms with E-state index in [-0.39, 0.29) is 25.3 Å². The van der Waals surface area contributed by atoms with Gasteiger partial charge in [0, 0.05) is 13.1 Å². The summed E-state index contributed by atoms with van der Waals surface area (Å²) in [6.45, 7) is 3.36. The summed E-state index contributed by atoms with van der Waals surface area (Å²) in [6, 6.07) is 1.92. The summed E-state index contributed by atoms with van der Waals surface area (Å²) in [5, 5.41) is 19.4. The summed E-state index contributed by atoms with van der Waals surface area (Å²) in [5.41, 5.74) is 0. The number of carboxylic acid groups (broad SMARTS) is 1. The van der Waals surface area contributed by atoms with E-state index in [1.807, 2.05) is 13.0 Å². The number of hydrogen-bond acceptors (Lipinski definition) is 4. The molecule has 0 rings (SSSR count). The van der Waals surface area contributed by atoms with E-state index in [2.05, 4.69) is 5.32 Å². The van der Waals surface area contributed by atoms with Crippen molar-refractivity contribution in [3.63, 3.8) is 0 Å². The molecule has 0 aliphatic heterocycles. The van der Waals surface area contributed by atoms with E-state index in [0.29, 0.717) is 19.6 Å². The average molecular weight is 227 g/mol. The van der Waals surface area contributed by atoms with Crippen LogP contribution >= 0.6 is 0 Å². The number of nitrogens with zero attached hydrogens (tertiary/aromatic N) is 2. The van der Waals surface area contributed by atoms with Crippen LogP contribution < -0.4 is 5.32 Å². The Morgan fingerprint density at radius 1 is 1.50 bits per heavy atom. The van der Waals surface area contributed by atoms with Crippen molar-refractivity contribution in [3.05, 3.63) is 0 Å². The first-order chi connectivity index (χ1) is 7.60. The van der Waals surface area contributed by atoms with Gasteiger partial charge in [0.1, 0.15) is 0 Å². The molecule has 0 aliphatic rings. The van der Waals surface area contributed by atoms with E-state index >= 15 is 0 Å². The number of carbonyl (C=O) groups is 2. The molecule has 0 unspecified atom stereocenters.